The summed E-state index contributed by atoms with van der Waals surface area (Å²) in [6.45, 7) is 4.71. The van der Waals surface area contributed by atoms with E-state index in [0.717, 1.165) is 0 Å². The van der Waals surface area contributed by atoms with Crippen molar-refractivity contribution in [2.75, 3.05) is 25.1 Å². The Morgan fingerprint density at radius 1 is 0.800 bits per heavy atom. The maximum absolute atomic E-state index is 3.51. The van der Waals surface area contributed by atoms with E-state index in [4.69, 9.17) is 0 Å². The summed E-state index contributed by atoms with van der Waals surface area (Å²) in [6.07, 6.45) is 13.4. The van der Waals surface area contributed by atoms with Gasteiger partial charge in [-0.15, -0.1) is 0 Å². The predicted molar refractivity (Wildman–Crippen MR) is 73.9 cm³/mol. The van der Waals surface area contributed by atoms with E-state index in [2.05, 4.69) is 18.5 Å². The second kappa shape index (κ2) is 14.3. The standard InChI is InChI=1S/C13H29NS/c1-3-4-5-6-7-8-9-11-14-12-10-13-15-2/h14H,3-13H2,1-2H3. The Morgan fingerprint density at radius 2 is 1.40 bits per heavy atom. The second-order valence-electron chi connectivity index (χ2n) is 4.22. The average Bonchev–Trinajstić information content (AvgIpc) is 2.26. The van der Waals surface area contributed by atoms with Gasteiger partial charge in [-0.25, -0.2) is 0 Å². The van der Waals surface area contributed by atoms with Gasteiger partial charge in [-0.05, 0) is 37.9 Å². The third kappa shape index (κ3) is 14.3. The van der Waals surface area contributed by atoms with Crippen molar-refractivity contribution in [3.05, 3.63) is 0 Å². The lowest BCUT2D eigenvalue weighted by Crippen LogP contribution is -2.17. The van der Waals surface area contributed by atoms with Crippen LogP contribution in [0.4, 0.5) is 0 Å². The highest BCUT2D eigenvalue weighted by Gasteiger charge is 1.91. The van der Waals surface area contributed by atoms with E-state index in [0.29, 0.717) is 0 Å². The van der Waals surface area contributed by atoms with Crippen molar-refractivity contribution in [2.45, 2.75) is 58.3 Å². The lowest BCUT2D eigenvalue weighted by molar-refractivity contribution is 0.562. The molecule has 1 N–H and O–H groups in total. The van der Waals surface area contributed by atoms with Gasteiger partial charge in [-0.2, -0.15) is 11.8 Å². The second-order valence-corrected chi connectivity index (χ2v) is 5.20. The van der Waals surface area contributed by atoms with Gasteiger partial charge in [0, 0.05) is 0 Å². The van der Waals surface area contributed by atoms with Crippen LogP contribution in [0.1, 0.15) is 58.3 Å². The molecule has 0 atom stereocenters. The Balaban J connectivity index is 2.81. The van der Waals surface area contributed by atoms with E-state index in [1.54, 1.807) is 0 Å². The molecule has 0 aromatic rings. The minimum Gasteiger partial charge on any atom is -0.317 e. The highest BCUT2D eigenvalue weighted by atomic mass is 32.2. The zero-order valence-corrected chi connectivity index (χ0v) is 11.5. The summed E-state index contributed by atoms with van der Waals surface area (Å²) < 4.78 is 0. The summed E-state index contributed by atoms with van der Waals surface area (Å²) in [5.74, 6) is 1.30. The molecule has 0 aliphatic rings. The molecule has 15 heavy (non-hydrogen) atoms. The largest absolute Gasteiger partial charge is 0.317 e. The maximum Gasteiger partial charge on any atom is -0.00411 e. The van der Waals surface area contributed by atoms with E-state index < -0.39 is 0 Å². The zero-order valence-electron chi connectivity index (χ0n) is 10.7. The third-order valence-electron chi connectivity index (χ3n) is 2.66. The van der Waals surface area contributed by atoms with Crippen LogP contribution in [0.2, 0.25) is 0 Å². The first-order valence-corrected chi connectivity index (χ1v) is 8.00. The summed E-state index contributed by atoms with van der Waals surface area (Å²) in [5.41, 5.74) is 0. The summed E-state index contributed by atoms with van der Waals surface area (Å²) in [4.78, 5) is 0. The summed E-state index contributed by atoms with van der Waals surface area (Å²) >= 11 is 1.94. The molecule has 0 bridgehead atoms. The molecule has 1 nitrogen and oxygen atoms in total. The Kier molecular flexibility index (Phi) is 14.6. The van der Waals surface area contributed by atoms with Crippen molar-refractivity contribution in [1.82, 2.24) is 5.32 Å². The third-order valence-corrected chi connectivity index (χ3v) is 3.36. The topological polar surface area (TPSA) is 12.0 Å². The molecular formula is C13H29NS. The molecule has 0 aromatic carbocycles. The van der Waals surface area contributed by atoms with Gasteiger partial charge in [-0.3, -0.25) is 0 Å². The van der Waals surface area contributed by atoms with Crippen LogP contribution in [-0.2, 0) is 0 Å². The number of unbranched alkanes of at least 4 members (excludes halogenated alkanes) is 6. The molecule has 0 amide bonds. The Labute approximate surface area is 101 Å². The number of nitrogens with one attached hydrogen (secondary N) is 1. The van der Waals surface area contributed by atoms with Gasteiger partial charge in [0.15, 0.2) is 0 Å². The van der Waals surface area contributed by atoms with E-state index in [1.165, 1.54) is 70.2 Å². The Morgan fingerprint density at radius 3 is 2.07 bits per heavy atom. The van der Waals surface area contributed by atoms with Gasteiger partial charge in [0.05, 0.1) is 0 Å². The van der Waals surface area contributed by atoms with Gasteiger partial charge in [0.25, 0.3) is 0 Å². The molecule has 0 aliphatic carbocycles. The first kappa shape index (κ1) is 15.3. The van der Waals surface area contributed by atoms with E-state index in [-0.39, 0.29) is 0 Å². The maximum atomic E-state index is 3.51. The number of hydrogen-bond acceptors (Lipinski definition) is 2. The van der Waals surface area contributed by atoms with Crippen LogP contribution < -0.4 is 5.32 Å². The van der Waals surface area contributed by atoms with Gasteiger partial charge >= 0.3 is 0 Å². The van der Waals surface area contributed by atoms with Crippen LogP contribution in [-0.4, -0.2) is 25.1 Å². The minimum absolute atomic E-state index is 1.21. The summed E-state index contributed by atoms with van der Waals surface area (Å²) in [5, 5.41) is 3.51. The molecule has 0 saturated heterocycles. The Bertz CT molecular complexity index is 94.7. The van der Waals surface area contributed by atoms with Gasteiger partial charge in [0.2, 0.25) is 0 Å². The van der Waals surface area contributed by atoms with Crippen LogP contribution in [0.25, 0.3) is 0 Å². The number of thioether (sulfide) groups is 1. The molecule has 92 valence electrons. The molecule has 0 saturated carbocycles. The first-order chi connectivity index (χ1) is 7.41. The lowest BCUT2D eigenvalue weighted by atomic mass is 10.1. The number of hydrogen-bond donors (Lipinski definition) is 1. The van der Waals surface area contributed by atoms with Crippen molar-refractivity contribution >= 4 is 11.8 Å². The quantitative estimate of drug-likeness (QED) is 0.508. The number of rotatable bonds is 12. The summed E-state index contributed by atoms with van der Waals surface area (Å²) in [7, 11) is 0. The smallest absolute Gasteiger partial charge is 0.00411 e. The van der Waals surface area contributed by atoms with Crippen molar-refractivity contribution < 1.29 is 0 Å². The Hall–Kier alpha value is 0.310. The molecule has 0 rings (SSSR count). The van der Waals surface area contributed by atoms with Crippen LogP contribution >= 0.6 is 11.8 Å². The molecule has 0 aliphatic heterocycles. The summed E-state index contributed by atoms with van der Waals surface area (Å²) in [6, 6.07) is 0. The SMILES string of the molecule is CCCCCCCCCNCCCSC. The molecule has 0 radical (unpaired) electrons. The van der Waals surface area contributed by atoms with Crippen LogP contribution in [0.15, 0.2) is 0 Å². The normalized spacial score (nSPS) is 10.8. The van der Waals surface area contributed by atoms with Crippen LogP contribution in [0.5, 0.6) is 0 Å². The van der Waals surface area contributed by atoms with Crippen LogP contribution in [0.3, 0.4) is 0 Å². The molecule has 0 aromatic heterocycles. The molecule has 0 fully saturated rings. The lowest BCUT2D eigenvalue weighted by Gasteiger charge is -2.04. The van der Waals surface area contributed by atoms with E-state index >= 15 is 0 Å². The zero-order chi connectivity index (χ0) is 11.2. The fraction of sp³-hybridized carbons (Fsp3) is 1.00. The van der Waals surface area contributed by atoms with E-state index in [1.807, 2.05) is 11.8 Å². The highest BCUT2D eigenvalue weighted by molar-refractivity contribution is 7.98. The van der Waals surface area contributed by atoms with Crippen molar-refractivity contribution in [3.8, 4) is 0 Å². The average molecular weight is 231 g/mol. The van der Waals surface area contributed by atoms with Crippen molar-refractivity contribution in [2.24, 2.45) is 0 Å². The molecule has 0 spiro atoms. The first-order valence-electron chi connectivity index (χ1n) is 6.61. The van der Waals surface area contributed by atoms with Crippen molar-refractivity contribution in [3.63, 3.8) is 0 Å². The van der Waals surface area contributed by atoms with Gasteiger partial charge in [0.1, 0.15) is 0 Å². The predicted octanol–water partition coefficient (Wildman–Crippen LogP) is 4.08. The molecule has 0 unspecified atom stereocenters. The fourth-order valence-corrected chi connectivity index (χ4v) is 2.11. The van der Waals surface area contributed by atoms with E-state index in [9.17, 15) is 0 Å². The molecule has 0 heterocycles. The molecule has 2 heteroatoms. The fourth-order valence-electron chi connectivity index (χ4n) is 1.67. The monoisotopic (exact) mass is 231 g/mol. The van der Waals surface area contributed by atoms with Gasteiger partial charge in [-0.1, -0.05) is 45.4 Å². The minimum atomic E-state index is 1.21. The highest BCUT2D eigenvalue weighted by Crippen LogP contribution is 2.06. The molecular weight excluding hydrogens is 202 g/mol. The van der Waals surface area contributed by atoms with Crippen molar-refractivity contribution in [1.29, 1.82) is 0 Å². The van der Waals surface area contributed by atoms with Gasteiger partial charge < -0.3 is 5.32 Å². The van der Waals surface area contributed by atoms with Crippen LogP contribution in [0, 0.1) is 0 Å².